The summed E-state index contributed by atoms with van der Waals surface area (Å²) < 4.78 is 34.2. The number of carbonyl (C=O) groups is 1. The molecule has 0 aliphatic carbocycles. The topological polar surface area (TPSA) is 147 Å². The van der Waals surface area contributed by atoms with Crippen molar-refractivity contribution in [2.24, 2.45) is 5.73 Å². The molecule has 1 aromatic rings. The van der Waals surface area contributed by atoms with Gasteiger partial charge in [-0.25, -0.2) is 0 Å². The van der Waals surface area contributed by atoms with Crippen LogP contribution < -0.4 is 10.5 Å². The van der Waals surface area contributed by atoms with E-state index in [9.17, 15) is 13.2 Å². The van der Waals surface area contributed by atoms with E-state index in [2.05, 4.69) is 0 Å². The highest BCUT2D eigenvalue weighted by Gasteiger charge is 2.14. The van der Waals surface area contributed by atoms with Gasteiger partial charge in [0.2, 0.25) is 0 Å². The lowest BCUT2D eigenvalue weighted by Gasteiger charge is -2.14. The molecule has 1 rings (SSSR count). The minimum Gasteiger partial charge on any atom is -0.427 e. The van der Waals surface area contributed by atoms with Crippen LogP contribution in [0.1, 0.15) is 18.0 Å². The molecule has 0 radical (unpaired) electrons. The molecule has 0 heterocycles. The fraction of sp³-hybridized carbons (Fsp3) is 0.364. The Labute approximate surface area is 115 Å². The van der Waals surface area contributed by atoms with Crippen LogP contribution >= 0.6 is 0 Å². The second kappa shape index (κ2) is 6.77. The summed E-state index contributed by atoms with van der Waals surface area (Å²) in [6.07, 6.45) is -2.19. The van der Waals surface area contributed by atoms with Crippen LogP contribution in [0.2, 0.25) is 0 Å². The quantitative estimate of drug-likeness (QED) is 0.231. The Morgan fingerprint density at radius 1 is 1.25 bits per heavy atom. The normalized spacial score (nSPS) is 13.2. The number of hydrogen-bond acceptors (Lipinski definition) is 7. The van der Waals surface area contributed by atoms with Crippen molar-refractivity contribution < 1.29 is 32.7 Å². The van der Waals surface area contributed by atoms with Crippen molar-refractivity contribution in [1.29, 1.82) is 0 Å². The van der Waals surface area contributed by atoms with Crippen molar-refractivity contribution in [3.8, 4) is 5.75 Å². The monoisotopic (exact) mass is 305 g/mol. The lowest BCUT2D eigenvalue weighted by molar-refractivity contribution is -0.133. The zero-order valence-electron chi connectivity index (χ0n) is 10.3. The molecular formula is C11H15NO7S. The summed E-state index contributed by atoms with van der Waals surface area (Å²) in [5.41, 5.74) is 5.91. The van der Waals surface area contributed by atoms with Crippen LogP contribution in [-0.2, 0) is 14.9 Å². The lowest BCUT2D eigenvalue weighted by atomic mass is 10.1. The van der Waals surface area contributed by atoms with Crippen LogP contribution in [-0.4, -0.2) is 41.2 Å². The fourth-order valence-electron chi connectivity index (χ4n) is 1.33. The maximum absolute atomic E-state index is 11.3. The lowest BCUT2D eigenvalue weighted by Crippen LogP contribution is -2.25. The molecule has 112 valence electrons. The summed E-state index contributed by atoms with van der Waals surface area (Å²) in [6.45, 7) is 0. The van der Waals surface area contributed by atoms with Gasteiger partial charge in [0.05, 0.1) is 18.2 Å². The minimum absolute atomic E-state index is 0.147. The van der Waals surface area contributed by atoms with Gasteiger partial charge in [0.25, 0.3) is 10.1 Å². The maximum atomic E-state index is 11.3. The van der Waals surface area contributed by atoms with E-state index in [0.717, 1.165) is 0 Å². The van der Waals surface area contributed by atoms with Gasteiger partial charge in [0.15, 0.2) is 6.29 Å². The van der Waals surface area contributed by atoms with Gasteiger partial charge in [-0.1, -0.05) is 12.1 Å². The second-order valence-electron chi connectivity index (χ2n) is 4.02. The molecule has 0 saturated heterocycles. The van der Waals surface area contributed by atoms with Crippen molar-refractivity contribution in [2.45, 2.75) is 18.8 Å². The average Bonchev–Trinajstić information content (AvgIpc) is 2.35. The van der Waals surface area contributed by atoms with E-state index >= 15 is 0 Å². The molecule has 0 bridgehead atoms. The SMILES string of the molecule is NC(c1ccc(OC(=O)CCS(=O)(=O)O)cc1)C(O)O. The number of hydrogen-bond donors (Lipinski definition) is 4. The third kappa shape index (κ3) is 5.63. The second-order valence-corrected chi connectivity index (χ2v) is 5.59. The van der Waals surface area contributed by atoms with E-state index in [1.807, 2.05) is 0 Å². The van der Waals surface area contributed by atoms with E-state index < -0.39 is 40.6 Å². The minimum atomic E-state index is -4.21. The van der Waals surface area contributed by atoms with Gasteiger partial charge in [-0.15, -0.1) is 0 Å². The zero-order valence-corrected chi connectivity index (χ0v) is 11.2. The Balaban J connectivity index is 2.59. The van der Waals surface area contributed by atoms with E-state index in [-0.39, 0.29) is 5.75 Å². The van der Waals surface area contributed by atoms with Crippen molar-refractivity contribution in [3.63, 3.8) is 0 Å². The number of aliphatic hydroxyl groups excluding tert-OH is 1. The summed E-state index contributed by atoms with van der Waals surface area (Å²) in [4.78, 5) is 11.3. The van der Waals surface area contributed by atoms with Crippen molar-refractivity contribution in [2.75, 3.05) is 5.75 Å². The van der Waals surface area contributed by atoms with E-state index in [1.165, 1.54) is 24.3 Å². The van der Waals surface area contributed by atoms with Crippen molar-refractivity contribution in [3.05, 3.63) is 29.8 Å². The Kier molecular flexibility index (Phi) is 5.60. The Morgan fingerprint density at radius 2 is 1.80 bits per heavy atom. The number of rotatable bonds is 6. The third-order valence-electron chi connectivity index (χ3n) is 2.38. The van der Waals surface area contributed by atoms with E-state index in [0.29, 0.717) is 5.56 Å². The van der Waals surface area contributed by atoms with Crippen LogP contribution in [0.3, 0.4) is 0 Å². The van der Waals surface area contributed by atoms with Gasteiger partial charge in [-0.3, -0.25) is 9.35 Å². The summed E-state index contributed by atoms with van der Waals surface area (Å²) in [7, 11) is -4.21. The van der Waals surface area contributed by atoms with E-state index in [1.54, 1.807) is 0 Å². The number of benzene rings is 1. The Morgan fingerprint density at radius 3 is 2.25 bits per heavy atom. The number of aliphatic hydroxyl groups is 2. The maximum Gasteiger partial charge on any atom is 0.312 e. The van der Waals surface area contributed by atoms with E-state index in [4.69, 9.17) is 25.2 Å². The summed E-state index contributed by atoms with van der Waals surface area (Å²) >= 11 is 0. The molecule has 5 N–H and O–H groups in total. The number of nitrogens with two attached hydrogens (primary N) is 1. The molecule has 0 aromatic heterocycles. The molecule has 0 aliphatic rings. The number of carbonyl (C=O) groups excluding carboxylic acids is 1. The first kappa shape index (κ1) is 16.5. The number of ether oxygens (including phenoxy) is 1. The van der Waals surface area contributed by atoms with Crippen LogP contribution in [0.25, 0.3) is 0 Å². The molecule has 1 unspecified atom stereocenters. The van der Waals surface area contributed by atoms with Crippen LogP contribution in [0.5, 0.6) is 5.75 Å². The molecule has 0 spiro atoms. The Bertz CT molecular complexity index is 553. The van der Waals surface area contributed by atoms with Gasteiger partial charge in [0, 0.05) is 0 Å². The predicted octanol–water partition coefficient (Wildman–Crippen LogP) is -0.820. The van der Waals surface area contributed by atoms with Gasteiger partial charge >= 0.3 is 5.97 Å². The van der Waals surface area contributed by atoms with Crippen LogP contribution in [0, 0.1) is 0 Å². The highest BCUT2D eigenvalue weighted by molar-refractivity contribution is 7.85. The third-order valence-corrected chi connectivity index (χ3v) is 3.10. The molecule has 0 saturated carbocycles. The smallest absolute Gasteiger partial charge is 0.312 e. The molecule has 20 heavy (non-hydrogen) atoms. The van der Waals surface area contributed by atoms with Gasteiger partial charge in [-0.2, -0.15) is 8.42 Å². The van der Waals surface area contributed by atoms with Crippen molar-refractivity contribution in [1.82, 2.24) is 0 Å². The molecule has 8 nitrogen and oxygen atoms in total. The predicted molar refractivity (Wildman–Crippen MR) is 68.3 cm³/mol. The first-order valence-corrected chi connectivity index (χ1v) is 7.17. The molecule has 0 fully saturated rings. The Hall–Kier alpha value is -1.52. The zero-order chi connectivity index (χ0) is 15.3. The summed E-state index contributed by atoms with van der Waals surface area (Å²) in [5, 5.41) is 17.8. The van der Waals surface area contributed by atoms with Crippen molar-refractivity contribution >= 4 is 16.1 Å². The van der Waals surface area contributed by atoms with Gasteiger partial charge < -0.3 is 20.7 Å². The van der Waals surface area contributed by atoms with Gasteiger partial charge in [0.1, 0.15) is 5.75 Å². The van der Waals surface area contributed by atoms with Gasteiger partial charge in [-0.05, 0) is 17.7 Å². The standard InChI is InChI=1S/C11H15NO7S/c12-10(11(14)15)7-1-3-8(4-2-7)19-9(13)5-6-20(16,17)18/h1-4,10-11,14-15H,5-6,12H2,(H,16,17,18). The highest BCUT2D eigenvalue weighted by atomic mass is 32.2. The number of esters is 1. The summed E-state index contributed by atoms with van der Waals surface area (Å²) in [5.74, 6) is -1.39. The summed E-state index contributed by atoms with van der Waals surface area (Å²) in [6, 6.07) is 4.65. The molecule has 1 aromatic carbocycles. The van der Waals surface area contributed by atoms with Crippen LogP contribution in [0.4, 0.5) is 0 Å². The molecule has 0 aliphatic heterocycles. The molecule has 0 amide bonds. The highest BCUT2D eigenvalue weighted by Crippen LogP contribution is 2.18. The average molecular weight is 305 g/mol. The molecule has 9 heteroatoms. The first-order valence-electron chi connectivity index (χ1n) is 5.56. The molecular weight excluding hydrogens is 290 g/mol. The first-order chi connectivity index (χ1) is 9.19. The fourth-order valence-corrected chi connectivity index (χ4v) is 1.75. The van der Waals surface area contributed by atoms with Crippen LogP contribution in [0.15, 0.2) is 24.3 Å². The molecule has 1 atom stereocenters. The largest absolute Gasteiger partial charge is 0.427 e.